The van der Waals surface area contributed by atoms with E-state index in [1.165, 1.54) is 165 Å². The molecular formula is C33H68OSn. The van der Waals surface area contributed by atoms with E-state index in [-0.39, 0.29) is 0 Å². The molecule has 0 bridgehead atoms. The first-order valence-corrected chi connectivity index (χ1v) is 23.9. The minimum atomic E-state index is -2.36. The minimum absolute atomic E-state index is 1.25. The molecule has 0 aromatic heterocycles. The molecule has 0 N–H and O–H groups in total. The van der Waals surface area contributed by atoms with Gasteiger partial charge in [0.15, 0.2) is 0 Å². The second-order valence-electron chi connectivity index (χ2n) is 11.5. The van der Waals surface area contributed by atoms with Gasteiger partial charge in [0.1, 0.15) is 0 Å². The van der Waals surface area contributed by atoms with Gasteiger partial charge in [0.25, 0.3) is 0 Å². The molecule has 0 spiro atoms. The van der Waals surface area contributed by atoms with Gasteiger partial charge < -0.3 is 0 Å². The summed E-state index contributed by atoms with van der Waals surface area (Å²) in [6.45, 7) is 9.40. The number of rotatable bonds is 28. The Balaban J connectivity index is 4.05. The first-order chi connectivity index (χ1) is 17.2. The molecule has 0 saturated carbocycles. The second kappa shape index (κ2) is 27.4. The van der Waals surface area contributed by atoms with E-state index in [1.807, 2.05) is 7.11 Å². The topological polar surface area (TPSA) is 9.23 Å². The molecule has 0 aliphatic carbocycles. The standard InChI is InChI=1S/C21H41O.3C4H9.Sn/c1-3-4-5-6-7-8-9-10-11-12-13-14-15-16-17-18-19-20-21-22-2;3*1-3-4-2;/h20H,3-19H2,1-2H3;3*1,3-4H2,2H3;. The van der Waals surface area contributed by atoms with Gasteiger partial charge in [0.05, 0.1) is 0 Å². The van der Waals surface area contributed by atoms with Crippen LogP contribution in [0.25, 0.3) is 0 Å². The summed E-state index contributed by atoms with van der Waals surface area (Å²) in [6, 6.07) is 0. The Morgan fingerprint density at radius 1 is 0.457 bits per heavy atom. The van der Waals surface area contributed by atoms with E-state index in [0.29, 0.717) is 0 Å². The Kier molecular flexibility index (Phi) is 27.6. The van der Waals surface area contributed by atoms with Gasteiger partial charge in [-0.05, 0) is 0 Å². The third-order valence-electron chi connectivity index (χ3n) is 8.16. The molecule has 0 fully saturated rings. The van der Waals surface area contributed by atoms with Crippen LogP contribution >= 0.6 is 0 Å². The summed E-state index contributed by atoms with van der Waals surface area (Å²) in [5.74, 6) is 0. The van der Waals surface area contributed by atoms with Crippen LogP contribution in [0.15, 0.2) is 9.85 Å². The first-order valence-electron chi connectivity index (χ1n) is 16.4. The zero-order chi connectivity index (χ0) is 25.9. The number of ether oxygens (including phenoxy) is 1. The molecule has 0 atom stereocenters. The van der Waals surface area contributed by atoms with Crippen molar-refractivity contribution in [2.75, 3.05) is 7.11 Å². The molecule has 0 aliphatic rings. The van der Waals surface area contributed by atoms with Crippen LogP contribution in [0.5, 0.6) is 0 Å². The van der Waals surface area contributed by atoms with Crippen LogP contribution in [0, 0.1) is 0 Å². The fourth-order valence-electron chi connectivity index (χ4n) is 5.73. The SMILES string of the molecule is CCCCCCCCCCCCCCCCCC/C=[C](\OC)[Sn]([CH2]CCC)([CH2]CCC)[CH2]CCC. The molecule has 0 radical (unpaired) electrons. The van der Waals surface area contributed by atoms with E-state index in [4.69, 9.17) is 4.74 Å². The third-order valence-corrected chi connectivity index (χ3v) is 23.5. The summed E-state index contributed by atoms with van der Waals surface area (Å²) in [7, 11) is 1.98. The summed E-state index contributed by atoms with van der Waals surface area (Å²) in [6.07, 6.45) is 35.3. The summed E-state index contributed by atoms with van der Waals surface area (Å²) < 4.78 is 12.3. The Morgan fingerprint density at radius 2 is 0.771 bits per heavy atom. The summed E-state index contributed by atoms with van der Waals surface area (Å²) in [5.41, 5.74) is 0. The molecule has 0 aromatic rings. The van der Waals surface area contributed by atoms with E-state index in [2.05, 4.69) is 33.8 Å². The van der Waals surface area contributed by atoms with E-state index in [9.17, 15) is 0 Å². The number of unbranched alkanes of at least 4 members (excludes halogenated alkanes) is 19. The molecule has 0 aliphatic heterocycles. The summed E-state index contributed by atoms with van der Waals surface area (Å²) in [5, 5.41) is 0. The van der Waals surface area contributed by atoms with Crippen molar-refractivity contribution in [1.29, 1.82) is 0 Å². The van der Waals surface area contributed by atoms with Crippen molar-refractivity contribution >= 4 is 18.4 Å². The Morgan fingerprint density at radius 3 is 1.09 bits per heavy atom. The van der Waals surface area contributed by atoms with Crippen LogP contribution in [0.3, 0.4) is 0 Å². The van der Waals surface area contributed by atoms with Gasteiger partial charge in [-0.25, -0.2) is 0 Å². The van der Waals surface area contributed by atoms with Crippen LogP contribution in [0.4, 0.5) is 0 Å². The number of hydrogen-bond acceptors (Lipinski definition) is 1. The predicted octanol–water partition coefficient (Wildman–Crippen LogP) is 12.6. The zero-order valence-electron chi connectivity index (χ0n) is 25.4. The monoisotopic (exact) mass is 600 g/mol. The molecule has 1 nitrogen and oxygen atoms in total. The van der Waals surface area contributed by atoms with Gasteiger partial charge in [0, 0.05) is 0 Å². The van der Waals surface area contributed by atoms with Gasteiger partial charge in [-0.15, -0.1) is 0 Å². The van der Waals surface area contributed by atoms with Gasteiger partial charge in [0.2, 0.25) is 0 Å². The zero-order valence-corrected chi connectivity index (χ0v) is 28.2. The van der Waals surface area contributed by atoms with Gasteiger partial charge in [-0.3, -0.25) is 0 Å². The van der Waals surface area contributed by atoms with Crippen molar-refractivity contribution in [2.24, 2.45) is 0 Å². The molecule has 0 aromatic carbocycles. The first kappa shape index (κ1) is 35.3. The summed E-state index contributed by atoms with van der Waals surface area (Å²) >= 11 is -2.36. The molecule has 210 valence electrons. The van der Waals surface area contributed by atoms with Crippen LogP contribution in [0.1, 0.15) is 175 Å². The molecule has 2 heteroatoms. The number of allylic oxidation sites excluding steroid dienone is 1. The summed E-state index contributed by atoms with van der Waals surface area (Å²) in [4.78, 5) is 0. The quantitative estimate of drug-likeness (QED) is 0.0494. The average Bonchev–Trinajstić information content (AvgIpc) is 2.88. The molecule has 35 heavy (non-hydrogen) atoms. The average molecular weight is 600 g/mol. The van der Waals surface area contributed by atoms with Crippen molar-refractivity contribution in [3.8, 4) is 0 Å². The molecule has 0 unspecified atom stereocenters. The molecule has 0 heterocycles. The van der Waals surface area contributed by atoms with Crippen molar-refractivity contribution in [1.82, 2.24) is 0 Å². The Bertz CT molecular complexity index is 423. The van der Waals surface area contributed by atoms with Crippen molar-refractivity contribution in [3.05, 3.63) is 9.85 Å². The van der Waals surface area contributed by atoms with Crippen LogP contribution < -0.4 is 0 Å². The normalized spacial score (nSPS) is 12.4. The fourth-order valence-corrected chi connectivity index (χ4v) is 21.7. The Hall–Kier alpha value is 0.339. The van der Waals surface area contributed by atoms with Crippen LogP contribution in [-0.4, -0.2) is 25.5 Å². The van der Waals surface area contributed by atoms with E-state index in [0.717, 1.165) is 0 Å². The molecular weight excluding hydrogens is 531 g/mol. The fraction of sp³-hybridized carbons (Fsp3) is 0.939. The van der Waals surface area contributed by atoms with Gasteiger partial charge >= 0.3 is 177 Å². The molecule has 0 amide bonds. The van der Waals surface area contributed by atoms with Crippen LogP contribution in [-0.2, 0) is 4.74 Å². The third kappa shape index (κ3) is 20.0. The van der Waals surface area contributed by atoms with E-state index in [1.54, 1.807) is 0 Å². The van der Waals surface area contributed by atoms with Crippen molar-refractivity contribution in [3.63, 3.8) is 0 Å². The van der Waals surface area contributed by atoms with E-state index < -0.39 is 18.4 Å². The van der Waals surface area contributed by atoms with Crippen LogP contribution in [0.2, 0.25) is 13.3 Å². The molecule has 0 saturated heterocycles. The van der Waals surface area contributed by atoms with Crippen molar-refractivity contribution < 1.29 is 4.74 Å². The second-order valence-corrected chi connectivity index (χ2v) is 24.5. The maximum absolute atomic E-state index is 6.19. The number of methoxy groups -OCH3 is 1. The van der Waals surface area contributed by atoms with Gasteiger partial charge in [-0.2, -0.15) is 0 Å². The molecule has 0 rings (SSSR count). The number of hydrogen-bond donors (Lipinski definition) is 0. The van der Waals surface area contributed by atoms with Crippen molar-refractivity contribution in [2.45, 2.75) is 189 Å². The Labute approximate surface area is 227 Å². The van der Waals surface area contributed by atoms with E-state index >= 15 is 0 Å². The maximum atomic E-state index is 6.19. The van der Waals surface area contributed by atoms with Gasteiger partial charge in [-0.1, -0.05) is 51.9 Å². The predicted molar refractivity (Wildman–Crippen MR) is 164 cm³/mol.